The monoisotopic (exact) mass is 538 g/mol. The first-order valence-electron chi connectivity index (χ1n) is 13.4. The Labute approximate surface area is 234 Å². The van der Waals surface area contributed by atoms with Crippen LogP contribution in [0.2, 0.25) is 0 Å². The van der Waals surface area contributed by atoms with E-state index in [-0.39, 0.29) is 17.8 Å². The highest BCUT2D eigenvalue weighted by atomic mass is 16.5. The van der Waals surface area contributed by atoms with Crippen LogP contribution in [0.1, 0.15) is 23.2 Å². The Kier molecular flexibility index (Phi) is 8.22. The summed E-state index contributed by atoms with van der Waals surface area (Å²) in [6.45, 7) is 2.03. The van der Waals surface area contributed by atoms with Gasteiger partial charge >= 0.3 is 0 Å². The molecular formula is C33H34N2O5. The van der Waals surface area contributed by atoms with Gasteiger partial charge in [0.2, 0.25) is 0 Å². The molecule has 1 amide bonds. The van der Waals surface area contributed by atoms with Crippen LogP contribution in [-0.2, 0) is 0 Å². The topological polar surface area (TPSA) is 80.3 Å². The lowest BCUT2D eigenvalue weighted by Gasteiger charge is -2.29. The number of carbonyl (C=O) groups excluding carboxylic acids is 1. The third kappa shape index (κ3) is 6.21. The molecule has 0 bridgehead atoms. The van der Waals surface area contributed by atoms with Crippen LogP contribution in [0.15, 0.2) is 84.9 Å². The molecule has 4 aromatic rings. The molecule has 0 atom stereocenters. The van der Waals surface area contributed by atoms with Crippen LogP contribution in [0.3, 0.4) is 0 Å². The molecule has 5 rings (SSSR count). The molecule has 40 heavy (non-hydrogen) atoms. The predicted molar refractivity (Wildman–Crippen MR) is 158 cm³/mol. The maximum absolute atomic E-state index is 13.1. The largest absolute Gasteiger partial charge is 0.507 e. The molecule has 7 heteroatoms. The number of phenolic OH excluding ortho intramolecular Hbond substituents is 1. The van der Waals surface area contributed by atoms with Crippen molar-refractivity contribution >= 4 is 11.6 Å². The molecule has 206 valence electrons. The summed E-state index contributed by atoms with van der Waals surface area (Å²) in [7, 11) is 5.34. The molecule has 1 aliphatic rings. The van der Waals surface area contributed by atoms with Crippen molar-refractivity contribution in [2.24, 2.45) is 0 Å². The number of hydrogen-bond donors (Lipinski definition) is 2. The number of ether oxygens (including phenoxy) is 3. The number of methoxy groups -OCH3 is 2. The van der Waals surface area contributed by atoms with Crippen molar-refractivity contribution < 1.29 is 24.1 Å². The molecule has 1 fully saturated rings. The number of nitrogens with one attached hydrogen (secondary N) is 1. The summed E-state index contributed by atoms with van der Waals surface area (Å²) in [5.41, 5.74) is 4.37. The average Bonchev–Trinajstić information content (AvgIpc) is 2.98. The summed E-state index contributed by atoms with van der Waals surface area (Å²) in [5.74, 6) is 1.98. The van der Waals surface area contributed by atoms with Crippen LogP contribution in [0, 0.1) is 0 Å². The van der Waals surface area contributed by atoms with Crippen LogP contribution in [0.4, 0.5) is 5.69 Å². The van der Waals surface area contributed by atoms with Crippen LogP contribution in [0.25, 0.3) is 22.3 Å². The van der Waals surface area contributed by atoms with E-state index in [1.807, 2.05) is 66.7 Å². The van der Waals surface area contributed by atoms with E-state index in [1.54, 1.807) is 32.4 Å². The van der Waals surface area contributed by atoms with Crippen LogP contribution >= 0.6 is 0 Å². The van der Waals surface area contributed by atoms with Gasteiger partial charge in [-0.05, 0) is 85.6 Å². The van der Waals surface area contributed by atoms with Gasteiger partial charge in [0.05, 0.1) is 14.2 Å². The molecule has 7 nitrogen and oxygen atoms in total. The zero-order chi connectivity index (χ0) is 28.1. The zero-order valence-corrected chi connectivity index (χ0v) is 23.0. The first-order chi connectivity index (χ1) is 19.4. The van der Waals surface area contributed by atoms with E-state index in [1.165, 1.54) is 0 Å². The second kappa shape index (κ2) is 12.1. The molecule has 2 N–H and O–H groups in total. The van der Waals surface area contributed by atoms with Gasteiger partial charge in [0.15, 0.2) is 0 Å². The SMILES string of the molecule is COc1cccc(-c2cc(C(=O)Nc3ccc(-c4ccc(OC5CCN(C)CC5)cc4O)cc3)ccc2OC)c1. The third-order valence-corrected chi connectivity index (χ3v) is 7.23. The van der Waals surface area contributed by atoms with E-state index >= 15 is 0 Å². The minimum atomic E-state index is -0.238. The lowest BCUT2D eigenvalue weighted by atomic mass is 10.0. The van der Waals surface area contributed by atoms with Gasteiger partial charge in [-0.1, -0.05) is 24.3 Å². The zero-order valence-electron chi connectivity index (χ0n) is 23.0. The number of benzene rings is 4. The molecular weight excluding hydrogens is 504 g/mol. The number of anilines is 1. The van der Waals surface area contributed by atoms with E-state index in [9.17, 15) is 9.90 Å². The number of carbonyl (C=O) groups is 1. The number of nitrogens with zero attached hydrogens (tertiary/aromatic N) is 1. The fourth-order valence-corrected chi connectivity index (χ4v) is 4.93. The summed E-state index contributed by atoms with van der Waals surface area (Å²) in [4.78, 5) is 15.4. The molecule has 0 radical (unpaired) electrons. The molecule has 0 aromatic heterocycles. The molecule has 0 aliphatic carbocycles. The Morgan fingerprint density at radius 2 is 1.60 bits per heavy atom. The number of likely N-dealkylation sites (tertiary alicyclic amines) is 1. The number of phenols is 1. The minimum absolute atomic E-state index is 0.158. The first kappa shape index (κ1) is 27.1. The van der Waals surface area contributed by atoms with E-state index in [0.29, 0.717) is 28.3 Å². The maximum atomic E-state index is 13.1. The van der Waals surface area contributed by atoms with Gasteiger partial charge in [-0.15, -0.1) is 0 Å². The quantitative estimate of drug-likeness (QED) is 0.268. The lowest BCUT2D eigenvalue weighted by Crippen LogP contribution is -2.35. The Balaban J connectivity index is 1.28. The average molecular weight is 539 g/mol. The summed E-state index contributed by atoms with van der Waals surface area (Å²) in [5, 5.41) is 13.7. The number of hydrogen-bond acceptors (Lipinski definition) is 6. The standard InChI is InChI=1S/C33H34N2O5/c1-35-17-15-26(16-18-35)40-28-12-13-29(31(36)21-28)22-7-10-25(11-8-22)34-33(37)24-9-14-32(39-3)30(20-24)23-5-4-6-27(19-23)38-2/h4-14,19-21,26,36H,15-18H2,1-3H3,(H,34,37). The van der Waals surface area contributed by atoms with E-state index in [4.69, 9.17) is 14.2 Å². The van der Waals surface area contributed by atoms with Crippen molar-refractivity contribution in [2.45, 2.75) is 18.9 Å². The van der Waals surface area contributed by atoms with Crippen molar-refractivity contribution in [3.05, 3.63) is 90.5 Å². The van der Waals surface area contributed by atoms with Crippen molar-refractivity contribution in [1.29, 1.82) is 0 Å². The fraction of sp³-hybridized carbons (Fsp3) is 0.242. The molecule has 0 unspecified atom stereocenters. The van der Waals surface area contributed by atoms with Crippen molar-refractivity contribution in [2.75, 3.05) is 39.7 Å². The number of piperidine rings is 1. The molecule has 1 saturated heterocycles. The number of aromatic hydroxyl groups is 1. The fourth-order valence-electron chi connectivity index (χ4n) is 4.93. The van der Waals surface area contributed by atoms with Gasteiger partial charge in [0, 0.05) is 41.5 Å². The Hall–Kier alpha value is -4.49. The highest BCUT2D eigenvalue weighted by molar-refractivity contribution is 6.05. The van der Waals surface area contributed by atoms with E-state index < -0.39 is 0 Å². The van der Waals surface area contributed by atoms with Gasteiger partial charge in [-0.2, -0.15) is 0 Å². The second-order valence-electron chi connectivity index (χ2n) is 9.98. The van der Waals surface area contributed by atoms with Gasteiger partial charge in [0.25, 0.3) is 5.91 Å². The highest BCUT2D eigenvalue weighted by Crippen LogP contribution is 2.35. The summed E-state index contributed by atoms with van der Waals surface area (Å²) in [6.07, 6.45) is 2.12. The van der Waals surface area contributed by atoms with Crippen molar-refractivity contribution in [1.82, 2.24) is 4.90 Å². The van der Waals surface area contributed by atoms with Gasteiger partial charge in [-0.25, -0.2) is 0 Å². The van der Waals surface area contributed by atoms with Crippen LogP contribution < -0.4 is 19.5 Å². The van der Waals surface area contributed by atoms with E-state index in [0.717, 1.165) is 48.4 Å². The Bertz CT molecular complexity index is 1480. The summed E-state index contributed by atoms with van der Waals surface area (Å²) < 4.78 is 17.0. The molecule has 1 aliphatic heterocycles. The van der Waals surface area contributed by atoms with Crippen LogP contribution in [-0.4, -0.2) is 56.4 Å². The van der Waals surface area contributed by atoms with E-state index in [2.05, 4.69) is 17.3 Å². The normalized spacial score (nSPS) is 14.0. The second-order valence-corrected chi connectivity index (χ2v) is 9.98. The number of rotatable bonds is 8. The summed E-state index contributed by atoms with van der Waals surface area (Å²) >= 11 is 0. The number of amides is 1. The van der Waals surface area contributed by atoms with Gasteiger partial charge < -0.3 is 29.5 Å². The highest BCUT2D eigenvalue weighted by Gasteiger charge is 2.19. The molecule has 4 aromatic carbocycles. The summed E-state index contributed by atoms with van der Waals surface area (Å²) in [6, 6.07) is 25.8. The Morgan fingerprint density at radius 1 is 0.825 bits per heavy atom. The van der Waals surface area contributed by atoms with Crippen molar-refractivity contribution in [3.63, 3.8) is 0 Å². The first-order valence-corrected chi connectivity index (χ1v) is 13.4. The lowest BCUT2D eigenvalue weighted by molar-refractivity contribution is 0.102. The predicted octanol–water partition coefficient (Wildman–Crippen LogP) is 6.47. The van der Waals surface area contributed by atoms with Gasteiger partial charge in [-0.3, -0.25) is 4.79 Å². The molecule has 0 spiro atoms. The van der Waals surface area contributed by atoms with Crippen LogP contribution in [0.5, 0.6) is 23.0 Å². The third-order valence-electron chi connectivity index (χ3n) is 7.23. The maximum Gasteiger partial charge on any atom is 0.255 e. The van der Waals surface area contributed by atoms with Crippen molar-refractivity contribution in [3.8, 4) is 45.3 Å². The smallest absolute Gasteiger partial charge is 0.255 e. The molecule has 0 saturated carbocycles. The molecule has 1 heterocycles. The Morgan fingerprint density at radius 3 is 2.30 bits per heavy atom. The van der Waals surface area contributed by atoms with Gasteiger partial charge in [0.1, 0.15) is 29.1 Å². The minimum Gasteiger partial charge on any atom is -0.507 e.